The molecule has 0 radical (unpaired) electrons. The van der Waals surface area contributed by atoms with Crippen molar-refractivity contribution in [3.8, 4) is 0 Å². The zero-order valence-electron chi connectivity index (χ0n) is 18.0. The Morgan fingerprint density at radius 2 is 1.74 bits per heavy atom. The maximum absolute atomic E-state index is 8.49. The smallest absolute Gasteiger partial charge is 0.120 e. The summed E-state index contributed by atoms with van der Waals surface area (Å²) in [7, 11) is 2.00. The molecule has 0 amide bonds. The van der Waals surface area contributed by atoms with Crippen LogP contribution in [0.25, 0.3) is 0 Å². The van der Waals surface area contributed by atoms with Gasteiger partial charge in [0.05, 0.1) is 5.71 Å². The van der Waals surface area contributed by atoms with Crippen LogP contribution in [0.1, 0.15) is 64.2 Å². The lowest BCUT2D eigenvalue weighted by molar-refractivity contribution is 0.114. The fourth-order valence-electron chi connectivity index (χ4n) is 4.36. The van der Waals surface area contributed by atoms with Gasteiger partial charge in [-0.05, 0) is 77.2 Å². The highest BCUT2D eigenvalue weighted by molar-refractivity contribution is 6.10. The van der Waals surface area contributed by atoms with E-state index >= 15 is 0 Å². The Labute approximate surface area is 165 Å². The first-order valence-electron chi connectivity index (χ1n) is 9.91. The van der Waals surface area contributed by atoms with Crippen LogP contribution in [0.3, 0.4) is 0 Å². The zero-order chi connectivity index (χ0) is 20.4. The molecule has 4 nitrogen and oxygen atoms in total. The predicted octanol–water partition coefficient (Wildman–Crippen LogP) is 4.70. The predicted molar refractivity (Wildman–Crippen MR) is 116 cm³/mol. The molecule has 0 bridgehead atoms. The van der Waals surface area contributed by atoms with Crippen molar-refractivity contribution in [2.75, 3.05) is 7.05 Å². The number of aryl methyl sites for hydroxylation is 2. The molecule has 1 heterocycles. The lowest BCUT2D eigenvalue weighted by Crippen LogP contribution is -2.62. The van der Waals surface area contributed by atoms with E-state index in [9.17, 15) is 0 Å². The van der Waals surface area contributed by atoms with Crippen molar-refractivity contribution in [2.24, 2.45) is 0 Å². The molecule has 0 unspecified atom stereocenters. The largest absolute Gasteiger partial charge is 0.357 e. The molecule has 2 rings (SSSR count). The first-order valence-corrected chi connectivity index (χ1v) is 9.91. The maximum Gasteiger partial charge on any atom is 0.120 e. The summed E-state index contributed by atoms with van der Waals surface area (Å²) in [5.74, 6) is 0.459. The molecule has 148 valence electrons. The van der Waals surface area contributed by atoms with Crippen molar-refractivity contribution in [1.29, 1.82) is 10.8 Å². The second-order valence-corrected chi connectivity index (χ2v) is 9.20. The number of hydrogen-bond donors (Lipinski definition) is 3. The minimum Gasteiger partial charge on any atom is -0.357 e. The number of allylic oxidation sites excluding steroid dienone is 1. The Hall–Kier alpha value is -1.94. The van der Waals surface area contributed by atoms with Crippen molar-refractivity contribution in [2.45, 2.75) is 77.9 Å². The summed E-state index contributed by atoms with van der Waals surface area (Å²) >= 11 is 0. The molecule has 1 aliphatic heterocycles. The topological polar surface area (TPSA) is 63.0 Å². The van der Waals surface area contributed by atoms with Gasteiger partial charge in [0.2, 0.25) is 0 Å². The van der Waals surface area contributed by atoms with Gasteiger partial charge in [-0.15, -0.1) is 0 Å². The van der Waals surface area contributed by atoms with Crippen LogP contribution in [0.2, 0.25) is 0 Å². The minimum atomic E-state index is 0.0511. The van der Waals surface area contributed by atoms with Crippen LogP contribution in [0.15, 0.2) is 30.4 Å². The Morgan fingerprint density at radius 3 is 2.26 bits per heavy atom. The molecule has 1 aromatic rings. The number of rotatable bonds is 5. The highest BCUT2D eigenvalue weighted by Crippen LogP contribution is 2.31. The van der Waals surface area contributed by atoms with Gasteiger partial charge in [0.15, 0.2) is 0 Å². The van der Waals surface area contributed by atoms with Crippen LogP contribution >= 0.6 is 0 Å². The third kappa shape index (κ3) is 5.52. The van der Waals surface area contributed by atoms with Crippen LogP contribution in [0.4, 0.5) is 0 Å². The first-order chi connectivity index (χ1) is 12.4. The number of likely N-dealkylation sites (N-methyl/N-ethyl adjacent to an activating group) is 1. The van der Waals surface area contributed by atoms with E-state index in [1.165, 1.54) is 5.56 Å². The van der Waals surface area contributed by atoms with Crippen molar-refractivity contribution in [1.82, 2.24) is 10.2 Å². The Balaban J connectivity index is 2.08. The summed E-state index contributed by atoms with van der Waals surface area (Å²) in [6.45, 7) is 13.1. The molecule has 1 aromatic carbocycles. The number of nitrogens with one attached hydrogen (secondary N) is 3. The number of piperidine rings is 1. The van der Waals surface area contributed by atoms with Gasteiger partial charge in [0.25, 0.3) is 0 Å². The third-order valence-corrected chi connectivity index (χ3v) is 5.49. The molecule has 0 atom stereocenters. The summed E-state index contributed by atoms with van der Waals surface area (Å²) in [6, 6.07) is 6.56. The van der Waals surface area contributed by atoms with E-state index in [0.29, 0.717) is 17.6 Å². The molecule has 1 fully saturated rings. The Morgan fingerprint density at radius 1 is 1.15 bits per heavy atom. The van der Waals surface area contributed by atoms with E-state index in [-0.39, 0.29) is 11.1 Å². The van der Waals surface area contributed by atoms with Gasteiger partial charge < -0.3 is 15.6 Å². The molecular formula is C23H36N4. The molecule has 0 spiro atoms. The Bertz CT molecular complexity index is 727. The van der Waals surface area contributed by atoms with E-state index in [1.54, 1.807) is 12.2 Å². The molecule has 0 saturated carbocycles. The molecule has 3 N–H and O–H groups in total. The molecule has 0 aromatic heterocycles. The summed E-state index contributed by atoms with van der Waals surface area (Å²) in [5, 5.41) is 20.6. The van der Waals surface area contributed by atoms with E-state index < -0.39 is 0 Å². The standard InChI is InChI=1S/C23H36N4/c1-8-17-9-10-19(16(2)13-17)20(24)11-12-21(25)27(7)18-14-22(3,4)26-23(5,6)15-18/h9-13,18,24-26H,8,14-15H2,1-7H3/b12-11-,24-20?,25-21?. The molecule has 1 saturated heterocycles. The SMILES string of the molecule is CCc1ccc(C(=N)/C=C\C(=N)N(C)C2CC(C)(C)NC(C)(C)C2)c(C)c1. The van der Waals surface area contributed by atoms with Gasteiger partial charge in [-0.2, -0.15) is 0 Å². The minimum absolute atomic E-state index is 0.0511. The molecular weight excluding hydrogens is 332 g/mol. The van der Waals surface area contributed by atoms with Crippen molar-refractivity contribution in [3.05, 3.63) is 47.0 Å². The summed E-state index contributed by atoms with van der Waals surface area (Å²) in [5.41, 5.74) is 3.90. The van der Waals surface area contributed by atoms with Crippen LogP contribution in [-0.4, -0.2) is 40.6 Å². The number of amidine groups is 1. The van der Waals surface area contributed by atoms with Gasteiger partial charge in [-0.3, -0.25) is 5.41 Å². The molecule has 0 aliphatic carbocycles. The first kappa shape index (κ1) is 21.4. The normalized spacial score (nSPS) is 19.2. The maximum atomic E-state index is 8.49. The average molecular weight is 369 g/mol. The molecule has 27 heavy (non-hydrogen) atoms. The molecule has 4 heteroatoms. The number of hydrogen-bond acceptors (Lipinski definition) is 3. The van der Waals surface area contributed by atoms with E-state index in [2.05, 4.69) is 57.0 Å². The van der Waals surface area contributed by atoms with E-state index in [1.807, 2.05) is 20.0 Å². The van der Waals surface area contributed by atoms with Crippen LogP contribution < -0.4 is 5.32 Å². The second-order valence-electron chi connectivity index (χ2n) is 9.20. The highest BCUT2D eigenvalue weighted by Gasteiger charge is 2.39. The van der Waals surface area contributed by atoms with E-state index in [4.69, 9.17) is 10.8 Å². The highest BCUT2D eigenvalue weighted by atomic mass is 15.2. The van der Waals surface area contributed by atoms with Crippen molar-refractivity contribution < 1.29 is 0 Å². The summed E-state index contributed by atoms with van der Waals surface area (Å²) in [4.78, 5) is 2.06. The zero-order valence-corrected chi connectivity index (χ0v) is 18.0. The second kappa shape index (κ2) is 7.97. The van der Waals surface area contributed by atoms with Crippen molar-refractivity contribution in [3.63, 3.8) is 0 Å². The van der Waals surface area contributed by atoms with Crippen LogP contribution in [-0.2, 0) is 6.42 Å². The molecule has 1 aliphatic rings. The van der Waals surface area contributed by atoms with Gasteiger partial charge in [-0.1, -0.05) is 25.1 Å². The lowest BCUT2D eigenvalue weighted by Gasteiger charge is -2.49. The third-order valence-electron chi connectivity index (χ3n) is 5.49. The quantitative estimate of drug-likeness (QED) is 0.521. The monoisotopic (exact) mass is 368 g/mol. The van der Waals surface area contributed by atoms with Gasteiger partial charge in [-0.25, -0.2) is 0 Å². The fourth-order valence-corrected chi connectivity index (χ4v) is 4.36. The van der Waals surface area contributed by atoms with Gasteiger partial charge in [0, 0.05) is 29.7 Å². The average Bonchev–Trinajstić information content (AvgIpc) is 2.55. The summed E-state index contributed by atoms with van der Waals surface area (Å²) < 4.78 is 0. The summed E-state index contributed by atoms with van der Waals surface area (Å²) in [6.07, 6.45) is 6.51. The lowest BCUT2D eigenvalue weighted by atomic mass is 9.79. The number of benzene rings is 1. The van der Waals surface area contributed by atoms with E-state index in [0.717, 1.165) is 30.4 Å². The van der Waals surface area contributed by atoms with Crippen LogP contribution in [0.5, 0.6) is 0 Å². The van der Waals surface area contributed by atoms with Crippen LogP contribution in [0, 0.1) is 17.7 Å². The van der Waals surface area contributed by atoms with Gasteiger partial charge >= 0.3 is 0 Å². The van der Waals surface area contributed by atoms with Gasteiger partial charge in [0.1, 0.15) is 5.84 Å². The fraction of sp³-hybridized carbons (Fsp3) is 0.565. The number of nitrogens with zero attached hydrogens (tertiary/aromatic N) is 1. The Kier molecular flexibility index (Phi) is 6.31. The van der Waals surface area contributed by atoms with Crippen molar-refractivity contribution >= 4 is 11.5 Å².